The maximum Gasteiger partial charge on any atom is 0.305 e. The van der Waals surface area contributed by atoms with Crippen LogP contribution in [0.15, 0.2) is 87.1 Å². The van der Waals surface area contributed by atoms with Crippen LogP contribution in [-0.2, 0) is 14.4 Å². The Bertz CT molecular complexity index is 1920. The number of H-pyrrole nitrogens is 1. The molecule has 2 saturated carbocycles. The topological polar surface area (TPSA) is 109 Å². The second kappa shape index (κ2) is 11.2. The summed E-state index contributed by atoms with van der Waals surface area (Å²) >= 11 is 12.5. The van der Waals surface area contributed by atoms with Crippen LogP contribution >= 0.6 is 50.6 Å². The van der Waals surface area contributed by atoms with Gasteiger partial charge in [-0.3, -0.25) is 24.1 Å². The predicted octanol–water partition coefficient (Wildman–Crippen LogP) is 6.55. The summed E-state index contributed by atoms with van der Waals surface area (Å²) in [6.45, 7) is -0.199. The van der Waals surface area contributed by atoms with Crippen LogP contribution in [0.25, 0.3) is 0 Å². The number of thiazole rings is 1. The van der Waals surface area contributed by atoms with Gasteiger partial charge >= 0.3 is 4.87 Å². The second-order valence-electron chi connectivity index (χ2n) is 11.8. The van der Waals surface area contributed by atoms with Crippen molar-refractivity contribution in [1.29, 1.82) is 0 Å². The Labute approximate surface area is 279 Å². The number of rotatable bonds is 6. The molecule has 3 aromatic carbocycles. The fourth-order valence-electron chi connectivity index (χ4n) is 7.97. The Kier molecular flexibility index (Phi) is 7.20. The third-order valence-electron chi connectivity index (χ3n) is 9.53. The summed E-state index contributed by atoms with van der Waals surface area (Å²) < 4.78 is 7.01. The van der Waals surface area contributed by atoms with Crippen LogP contribution in [0.4, 0.5) is 11.4 Å². The van der Waals surface area contributed by atoms with E-state index in [-0.39, 0.29) is 58.1 Å². The molecule has 45 heavy (non-hydrogen) atoms. The minimum Gasteiger partial charge on any atom is -0.483 e. The molecule has 228 valence electrons. The first kappa shape index (κ1) is 29.1. The van der Waals surface area contributed by atoms with Gasteiger partial charge in [-0.25, -0.2) is 0 Å². The number of anilines is 2. The number of fused-ring (bicyclic) bond motifs is 9. The van der Waals surface area contributed by atoms with E-state index >= 15 is 0 Å². The number of nitrogens with zero attached hydrogens (tertiary/aromatic N) is 1. The minimum atomic E-state index is -0.437. The van der Waals surface area contributed by atoms with Gasteiger partial charge in [-0.1, -0.05) is 57.1 Å². The molecule has 4 aliphatic rings. The fraction of sp³-hybridized carbons (Fsp3) is 0.273. The number of para-hydroxylation sites is 1. The van der Waals surface area contributed by atoms with Crippen LogP contribution in [0.2, 0.25) is 5.02 Å². The van der Waals surface area contributed by atoms with E-state index < -0.39 is 11.8 Å². The Balaban J connectivity index is 1.15. The third-order valence-corrected chi connectivity index (χ3v) is 12.9. The van der Waals surface area contributed by atoms with E-state index in [0.717, 1.165) is 26.4 Å². The van der Waals surface area contributed by atoms with Crippen molar-refractivity contribution in [1.82, 2.24) is 4.98 Å². The normalized spacial score (nSPS) is 27.7. The Morgan fingerprint density at radius 2 is 1.73 bits per heavy atom. The summed E-state index contributed by atoms with van der Waals surface area (Å²) in [7, 11) is 0. The molecular weight excluding hydrogens is 698 g/mol. The smallest absolute Gasteiger partial charge is 0.305 e. The number of imide groups is 1. The van der Waals surface area contributed by atoms with E-state index in [4.69, 9.17) is 16.3 Å². The van der Waals surface area contributed by atoms with Gasteiger partial charge < -0.3 is 15.0 Å². The maximum atomic E-state index is 14.0. The molecule has 2 aliphatic heterocycles. The van der Waals surface area contributed by atoms with Crippen molar-refractivity contribution in [3.8, 4) is 5.75 Å². The molecule has 1 aromatic heterocycles. The van der Waals surface area contributed by atoms with Gasteiger partial charge in [-0.2, -0.15) is 0 Å². The first-order chi connectivity index (χ1) is 21.8. The Hall–Kier alpha value is -3.38. The average Bonchev–Trinajstić information content (AvgIpc) is 3.76. The van der Waals surface area contributed by atoms with Crippen molar-refractivity contribution in [3.63, 3.8) is 0 Å². The molecule has 1 saturated heterocycles. The third kappa shape index (κ3) is 4.78. The van der Waals surface area contributed by atoms with Crippen LogP contribution in [0.3, 0.4) is 0 Å². The molecule has 7 atom stereocenters. The summed E-state index contributed by atoms with van der Waals surface area (Å²) in [6.07, 6.45) is 0.767. The summed E-state index contributed by atoms with van der Waals surface area (Å²) in [6, 6.07) is 21.7. The molecule has 3 amide bonds. The number of halogens is 2. The number of ether oxygens (including phenoxy) is 1. The van der Waals surface area contributed by atoms with Gasteiger partial charge in [-0.05, 0) is 78.8 Å². The molecular formula is C33H25BrClN3O5S2. The van der Waals surface area contributed by atoms with Gasteiger partial charge in [0.05, 0.1) is 22.5 Å². The molecule has 3 fully saturated rings. The second-order valence-corrected chi connectivity index (χ2v) is 15.4. The summed E-state index contributed by atoms with van der Waals surface area (Å²) in [4.78, 5) is 58.6. The summed E-state index contributed by atoms with van der Waals surface area (Å²) in [5, 5.41) is 4.22. The number of carbonyl (C=O) groups excluding carboxylic acids is 3. The van der Waals surface area contributed by atoms with Crippen LogP contribution in [0.1, 0.15) is 22.8 Å². The fourth-order valence-corrected chi connectivity index (χ4v) is 11.3. The van der Waals surface area contributed by atoms with E-state index in [2.05, 4.69) is 26.2 Å². The van der Waals surface area contributed by atoms with Gasteiger partial charge in [0.2, 0.25) is 11.8 Å². The SMILES string of the molecule is O=C(COc1ccc(Br)cc1[C@H]1c2sc(=O)[nH]c2SC2C3CC(C4C(=O)N(c5ccc(Cl)cc5)C(=O)C34)C21)Nc1ccccc1. The molecule has 0 radical (unpaired) electrons. The van der Waals surface area contributed by atoms with Crippen molar-refractivity contribution in [2.75, 3.05) is 16.8 Å². The number of carbonyl (C=O) groups is 3. The van der Waals surface area contributed by atoms with E-state index in [1.54, 1.807) is 36.0 Å². The van der Waals surface area contributed by atoms with Crippen LogP contribution in [0.5, 0.6) is 5.75 Å². The van der Waals surface area contributed by atoms with Crippen molar-refractivity contribution in [3.05, 3.63) is 102 Å². The van der Waals surface area contributed by atoms with E-state index in [1.807, 2.05) is 48.5 Å². The van der Waals surface area contributed by atoms with Crippen molar-refractivity contribution >= 4 is 79.7 Å². The highest BCUT2D eigenvalue weighted by molar-refractivity contribution is 9.10. The predicted molar refractivity (Wildman–Crippen MR) is 177 cm³/mol. The van der Waals surface area contributed by atoms with E-state index in [9.17, 15) is 19.2 Å². The minimum absolute atomic E-state index is 0.0167. The molecule has 4 aromatic rings. The highest BCUT2D eigenvalue weighted by Gasteiger charge is 2.69. The highest BCUT2D eigenvalue weighted by Crippen LogP contribution is 2.69. The monoisotopic (exact) mass is 721 g/mol. The largest absolute Gasteiger partial charge is 0.483 e. The lowest BCUT2D eigenvalue weighted by Gasteiger charge is -2.43. The first-order valence-electron chi connectivity index (χ1n) is 14.6. The highest BCUT2D eigenvalue weighted by atomic mass is 79.9. The molecule has 2 N–H and O–H groups in total. The number of aromatic amines is 1. The maximum absolute atomic E-state index is 14.0. The zero-order valence-electron chi connectivity index (χ0n) is 23.4. The Morgan fingerprint density at radius 1 is 1.00 bits per heavy atom. The number of nitrogens with one attached hydrogen (secondary N) is 2. The van der Waals surface area contributed by atoms with Gasteiger partial charge in [0.1, 0.15) is 5.75 Å². The van der Waals surface area contributed by atoms with Crippen LogP contribution in [-0.4, -0.2) is 34.6 Å². The van der Waals surface area contributed by atoms with E-state index in [0.29, 0.717) is 22.1 Å². The van der Waals surface area contributed by atoms with Gasteiger partial charge in [0.15, 0.2) is 6.61 Å². The van der Waals surface area contributed by atoms with Gasteiger partial charge in [0.25, 0.3) is 5.91 Å². The molecule has 3 heterocycles. The number of aromatic nitrogens is 1. The van der Waals surface area contributed by atoms with Crippen LogP contribution < -0.4 is 19.8 Å². The van der Waals surface area contributed by atoms with Crippen molar-refractivity contribution in [2.45, 2.75) is 22.6 Å². The molecule has 6 unspecified atom stereocenters. The Morgan fingerprint density at radius 3 is 2.49 bits per heavy atom. The lowest BCUT2D eigenvalue weighted by atomic mass is 9.68. The standard InChI is InChI=1S/C33H25BrClN3O5S2/c34-15-6-11-22(43-14-23(39)36-17-4-2-1-3-5-17)19(12-15)24-25-20-13-21(28(25)44-30-29(24)45-33(42)37-30)27-26(20)31(40)38(32(27)41)18-9-7-16(35)8-10-18/h1-12,20-21,24-28H,13-14H2,(H,36,39)(H,37,42)/t20?,21?,24-,25?,26?,27?,28?/m1/s1. The molecule has 8 nitrogen and oxygen atoms in total. The number of amides is 3. The number of benzene rings is 3. The summed E-state index contributed by atoms with van der Waals surface area (Å²) in [5.41, 5.74) is 2.06. The van der Waals surface area contributed by atoms with Crippen LogP contribution in [0, 0.1) is 29.6 Å². The lowest BCUT2D eigenvalue weighted by molar-refractivity contribution is -0.123. The first-order valence-corrected chi connectivity index (χ1v) is 17.5. The van der Waals surface area contributed by atoms with Gasteiger partial charge in [-0.15, -0.1) is 11.8 Å². The summed E-state index contributed by atoms with van der Waals surface area (Å²) in [5.74, 6) is -1.27. The number of thioether (sulfide) groups is 1. The quantitative estimate of drug-likeness (QED) is 0.219. The number of hydrogen-bond donors (Lipinski definition) is 2. The molecule has 12 heteroatoms. The molecule has 8 rings (SSSR count). The van der Waals surface area contributed by atoms with E-state index in [1.165, 1.54) is 16.2 Å². The zero-order chi connectivity index (χ0) is 31.0. The number of hydrogen-bond acceptors (Lipinski definition) is 7. The average molecular weight is 723 g/mol. The molecule has 2 aliphatic carbocycles. The van der Waals surface area contributed by atoms with Crippen molar-refractivity contribution in [2.24, 2.45) is 29.6 Å². The van der Waals surface area contributed by atoms with Gasteiger partial charge in [0, 0.05) is 36.8 Å². The lowest BCUT2D eigenvalue weighted by Crippen LogP contribution is -2.42. The molecule has 2 bridgehead atoms. The van der Waals surface area contributed by atoms with Crippen molar-refractivity contribution < 1.29 is 19.1 Å². The molecule has 0 spiro atoms. The zero-order valence-corrected chi connectivity index (χ0v) is 27.4.